The van der Waals surface area contributed by atoms with Crippen LogP contribution >= 0.6 is 0 Å². The molecule has 0 radical (unpaired) electrons. The van der Waals surface area contributed by atoms with E-state index in [1.807, 2.05) is 12.4 Å². The molecule has 2 heterocycles. The predicted molar refractivity (Wildman–Crippen MR) is 52.3 cm³/mol. The Morgan fingerprint density at radius 2 is 2.25 bits per heavy atom. The number of nitrogens with one attached hydrogen (secondary N) is 1. The topological polar surface area (TPSA) is 28.7 Å². The highest BCUT2D eigenvalue weighted by Gasteiger charge is 2.04. The predicted octanol–water partition coefficient (Wildman–Crippen LogP) is 2.93. The zero-order chi connectivity index (χ0) is 8.55. The highest BCUT2D eigenvalue weighted by atomic mass is 14.8. The van der Waals surface area contributed by atoms with E-state index in [4.69, 9.17) is 0 Å². The Labute approximate surface area is 73.1 Å². The summed E-state index contributed by atoms with van der Waals surface area (Å²) in [5, 5.41) is 1.24. The monoisotopic (exact) mass is 162 g/mol. The van der Waals surface area contributed by atoms with Crippen LogP contribution in [0.5, 0.6) is 0 Å². The van der Waals surface area contributed by atoms with E-state index in [-0.39, 0.29) is 1.43 Å². The van der Waals surface area contributed by atoms with Gasteiger partial charge in [0.05, 0.1) is 0 Å². The zero-order valence-corrected chi connectivity index (χ0v) is 7.33. The number of pyridine rings is 1. The highest BCUT2D eigenvalue weighted by Crippen LogP contribution is 2.22. The molecular formula is C10H14N2. The van der Waals surface area contributed by atoms with Gasteiger partial charge in [-0.25, -0.2) is 4.98 Å². The van der Waals surface area contributed by atoms with Crippen molar-refractivity contribution in [2.45, 2.75) is 19.8 Å². The largest absolute Gasteiger partial charge is 0.346 e. The number of hydrogen-bond acceptors (Lipinski definition) is 1. The number of hydrogen-bond donors (Lipinski definition) is 1. The standard InChI is InChI=1S/C10H12N2.H2/c1-7(2)8-3-5-11-10-9(8)4-6-12-10;/h3-7H,1-2H3,(H,11,12);1H. The van der Waals surface area contributed by atoms with Crippen molar-refractivity contribution in [2.24, 2.45) is 0 Å². The molecule has 2 nitrogen and oxygen atoms in total. The average molecular weight is 162 g/mol. The molecule has 0 amide bonds. The summed E-state index contributed by atoms with van der Waals surface area (Å²) in [4.78, 5) is 7.33. The van der Waals surface area contributed by atoms with Crippen LogP contribution in [0.25, 0.3) is 11.0 Å². The summed E-state index contributed by atoms with van der Waals surface area (Å²) in [6.07, 6.45) is 3.79. The first-order valence-electron chi connectivity index (χ1n) is 4.21. The first kappa shape index (κ1) is 7.35. The summed E-state index contributed by atoms with van der Waals surface area (Å²) >= 11 is 0. The van der Waals surface area contributed by atoms with Crippen LogP contribution in [-0.2, 0) is 0 Å². The highest BCUT2D eigenvalue weighted by molar-refractivity contribution is 5.79. The Bertz CT molecular complexity index is 392. The molecular weight excluding hydrogens is 148 g/mol. The van der Waals surface area contributed by atoms with E-state index in [9.17, 15) is 0 Å². The van der Waals surface area contributed by atoms with Crippen LogP contribution in [-0.4, -0.2) is 9.97 Å². The Balaban J connectivity index is 0.000000845. The van der Waals surface area contributed by atoms with Crippen LogP contribution in [0.4, 0.5) is 0 Å². The molecule has 0 saturated carbocycles. The second-order valence-electron chi connectivity index (χ2n) is 3.29. The van der Waals surface area contributed by atoms with Crippen molar-refractivity contribution in [3.63, 3.8) is 0 Å². The summed E-state index contributed by atoms with van der Waals surface area (Å²) < 4.78 is 0. The van der Waals surface area contributed by atoms with Gasteiger partial charge in [-0.2, -0.15) is 0 Å². The maximum atomic E-state index is 4.23. The number of fused-ring (bicyclic) bond motifs is 1. The van der Waals surface area contributed by atoms with E-state index in [0.29, 0.717) is 5.92 Å². The molecule has 0 aliphatic carbocycles. The fraction of sp³-hybridized carbons (Fsp3) is 0.300. The van der Waals surface area contributed by atoms with Crippen molar-refractivity contribution in [1.29, 1.82) is 0 Å². The molecule has 0 aliphatic rings. The van der Waals surface area contributed by atoms with Crippen LogP contribution in [0, 0.1) is 0 Å². The van der Waals surface area contributed by atoms with Gasteiger partial charge in [0, 0.05) is 19.2 Å². The lowest BCUT2D eigenvalue weighted by Gasteiger charge is -2.05. The normalized spacial score (nSPS) is 11.2. The summed E-state index contributed by atoms with van der Waals surface area (Å²) in [7, 11) is 0. The molecule has 0 aliphatic heterocycles. The minimum atomic E-state index is 0. The third-order valence-corrected chi connectivity index (χ3v) is 2.12. The van der Waals surface area contributed by atoms with E-state index >= 15 is 0 Å². The van der Waals surface area contributed by atoms with Gasteiger partial charge in [-0.15, -0.1) is 0 Å². The van der Waals surface area contributed by atoms with Crippen molar-refractivity contribution in [2.75, 3.05) is 0 Å². The molecule has 2 aromatic heterocycles. The molecule has 1 N–H and O–H groups in total. The molecule has 0 atom stereocenters. The summed E-state index contributed by atoms with van der Waals surface area (Å²) in [5.41, 5.74) is 2.35. The molecule has 2 rings (SSSR count). The van der Waals surface area contributed by atoms with Crippen molar-refractivity contribution >= 4 is 11.0 Å². The molecule has 2 heteroatoms. The van der Waals surface area contributed by atoms with Crippen LogP contribution in [0.2, 0.25) is 0 Å². The Kier molecular flexibility index (Phi) is 1.61. The van der Waals surface area contributed by atoms with E-state index in [1.165, 1.54) is 10.9 Å². The molecule has 0 aromatic carbocycles. The smallest absolute Gasteiger partial charge is 0.137 e. The van der Waals surface area contributed by atoms with Crippen LogP contribution in [0.3, 0.4) is 0 Å². The van der Waals surface area contributed by atoms with Crippen molar-refractivity contribution < 1.29 is 1.43 Å². The molecule has 0 bridgehead atoms. The van der Waals surface area contributed by atoms with E-state index < -0.39 is 0 Å². The SMILES string of the molecule is CC(C)c1ccnc2[nH]ccc12.[HH]. The Morgan fingerprint density at radius 1 is 1.42 bits per heavy atom. The summed E-state index contributed by atoms with van der Waals surface area (Å²) in [6, 6.07) is 4.17. The van der Waals surface area contributed by atoms with Gasteiger partial charge in [0.1, 0.15) is 5.65 Å². The lowest BCUT2D eigenvalue weighted by molar-refractivity contribution is 0.874. The second kappa shape index (κ2) is 2.63. The number of aromatic nitrogens is 2. The maximum Gasteiger partial charge on any atom is 0.137 e. The average Bonchev–Trinajstić information content (AvgIpc) is 2.49. The second-order valence-corrected chi connectivity index (χ2v) is 3.29. The quantitative estimate of drug-likeness (QED) is 0.686. The van der Waals surface area contributed by atoms with E-state index in [2.05, 4.69) is 35.9 Å². The molecule has 0 spiro atoms. The first-order chi connectivity index (χ1) is 5.79. The fourth-order valence-electron chi connectivity index (χ4n) is 1.49. The van der Waals surface area contributed by atoms with E-state index in [0.717, 1.165) is 5.65 Å². The molecule has 64 valence electrons. The van der Waals surface area contributed by atoms with Gasteiger partial charge >= 0.3 is 0 Å². The Hall–Kier alpha value is -1.31. The van der Waals surface area contributed by atoms with Gasteiger partial charge in [0.2, 0.25) is 0 Å². The van der Waals surface area contributed by atoms with Crippen LogP contribution in [0.1, 0.15) is 26.8 Å². The maximum absolute atomic E-state index is 4.23. The van der Waals surface area contributed by atoms with Gasteiger partial charge in [-0.1, -0.05) is 13.8 Å². The number of aromatic amines is 1. The minimum absolute atomic E-state index is 0. The van der Waals surface area contributed by atoms with Crippen LogP contribution < -0.4 is 0 Å². The van der Waals surface area contributed by atoms with E-state index in [1.54, 1.807) is 0 Å². The minimum Gasteiger partial charge on any atom is -0.346 e. The molecule has 0 fully saturated rings. The lowest BCUT2D eigenvalue weighted by atomic mass is 10.0. The first-order valence-corrected chi connectivity index (χ1v) is 4.21. The van der Waals surface area contributed by atoms with Crippen LogP contribution in [0.15, 0.2) is 24.5 Å². The van der Waals surface area contributed by atoms with Gasteiger partial charge in [0.15, 0.2) is 0 Å². The van der Waals surface area contributed by atoms with Gasteiger partial charge < -0.3 is 4.98 Å². The zero-order valence-electron chi connectivity index (χ0n) is 7.33. The molecule has 0 saturated heterocycles. The van der Waals surface area contributed by atoms with Crippen molar-refractivity contribution in [1.82, 2.24) is 9.97 Å². The van der Waals surface area contributed by atoms with Crippen molar-refractivity contribution in [3.8, 4) is 0 Å². The van der Waals surface area contributed by atoms with Gasteiger partial charge in [0.25, 0.3) is 0 Å². The number of nitrogens with zero attached hydrogens (tertiary/aromatic N) is 1. The summed E-state index contributed by atoms with van der Waals surface area (Å²) in [5.74, 6) is 0.561. The molecule has 12 heavy (non-hydrogen) atoms. The Morgan fingerprint density at radius 3 is 3.00 bits per heavy atom. The van der Waals surface area contributed by atoms with Crippen molar-refractivity contribution in [3.05, 3.63) is 30.1 Å². The van der Waals surface area contributed by atoms with Gasteiger partial charge in [-0.05, 0) is 23.6 Å². The molecule has 2 aromatic rings. The third-order valence-electron chi connectivity index (χ3n) is 2.12. The lowest BCUT2D eigenvalue weighted by Crippen LogP contribution is -1.88. The third kappa shape index (κ3) is 0.998. The molecule has 0 unspecified atom stereocenters. The summed E-state index contributed by atoms with van der Waals surface area (Å²) in [6.45, 7) is 4.39. The number of rotatable bonds is 1. The number of H-pyrrole nitrogens is 1. The van der Waals surface area contributed by atoms with Gasteiger partial charge in [-0.3, -0.25) is 0 Å². The fourth-order valence-corrected chi connectivity index (χ4v) is 1.49.